The topological polar surface area (TPSA) is 12.0 Å². The first-order chi connectivity index (χ1) is 10.1. The molecule has 2 rings (SSSR count). The number of nitrogens with one attached hydrogen (secondary N) is 1. The molecule has 0 saturated carbocycles. The lowest BCUT2D eigenvalue weighted by Gasteiger charge is -2.20. The molecule has 1 N–H and O–H groups in total. The highest BCUT2D eigenvalue weighted by Crippen LogP contribution is 2.27. The van der Waals surface area contributed by atoms with E-state index in [2.05, 4.69) is 43.4 Å². The van der Waals surface area contributed by atoms with E-state index in [1.807, 2.05) is 24.3 Å². The van der Waals surface area contributed by atoms with Crippen molar-refractivity contribution in [3.63, 3.8) is 0 Å². The summed E-state index contributed by atoms with van der Waals surface area (Å²) in [5.74, 6) is 0.379. The van der Waals surface area contributed by atoms with Crippen LogP contribution in [0.3, 0.4) is 0 Å². The van der Waals surface area contributed by atoms with Gasteiger partial charge in [0.25, 0.3) is 0 Å². The van der Waals surface area contributed by atoms with Gasteiger partial charge < -0.3 is 5.32 Å². The molecule has 0 amide bonds. The molecule has 0 aliphatic heterocycles. The molecule has 2 aromatic carbocycles. The van der Waals surface area contributed by atoms with Gasteiger partial charge in [0.2, 0.25) is 0 Å². The Morgan fingerprint density at radius 1 is 1.00 bits per heavy atom. The second kappa shape index (κ2) is 7.84. The fourth-order valence-electron chi connectivity index (χ4n) is 2.38. The molecule has 2 aromatic rings. The van der Waals surface area contributed by atoms with Crippen LogP contribution in [-0.4, -0.2) is 12.6 Å². The summed E-state index contributed by atoms with van der Waals surface area (Å²) in [7, 11) is 0. The summed E-state index contributed by atoms with van der Waals surface area (Å²) in [5.41, 5.74) is 2.42. The maximum atomic E-state index is 6.31. The Labute approximate surface area is 137 Å². The summed E-state index contributed by atoms with van der Waals surface area (Å²) in [4.78, 5) is 0. The van der Waals surface area contributed by atoms with Gasteiger partial charge >= 0.3 is 0 Å². The van der Waals surface area contributed by atoms with Gasteiger partial charge in [0.05, 0.1) is 0 Å². The average molecular weight is 322 g/mol. The van der Waals surface area contributed by atoms with Crippen LogP contribution in [0, 0.1) is 0 Å². The molecule has 0 radical (unpaired) electrons. The normalized spacial score (nSPS) is 12.6. The highest BCUT2D eigenvalue weighted by atomic mass is 35.5. The van der Waals surface area contributed by atoms with Gasteiger partial charge in [-0.3, -0.25) is 0 Å². The predicted octanol–water partition coefficient (Wildman–Crippen LogP) is 5.32. The lowest BCUT2D eigenvalue weighted by atomic mass is 9.91. The second-order valence-corrected chi connectivity index (χ2v) is 6.45. The summed E-state index contributed by atoms with van der Waals surface area (Å²) >= 11 is 12.4. The van der Waals surface area contributed by atoms with Crippen molar-refractivity contribution >= 4 is 23.2 Å². The maximum Gasteiger partial charge on any atom is 0.0439 e. The van der Waals surface area contributed by atoms with Crippen LogP contribution in [0.25, 0.3) is 0 Å². The molecule has 112 valence electrons. The summed E-state index contributed by atoms with van der Waals surface area (Å²) in [6.07, 6.45) is 0.878. The third kappa shape index (κ3) is 5.03. The van der Waals surface area contributed by atoms with Crippen molar-refractivity contribution in [3.8, 4) is 0 Å². The number of benzene rings is 2. The first-order valence-electron chi connectivity index (χ1n) is 7.28. The molecule has 1 unspecified atom stereocenters. The number of rotatable bonds is 6. The van der Waals surface area contributed by atoms with Gasteiger partial charge in [-0.25, -0.2) is 0 Å². The summed E-state index contributed by atoms with van der Waals surface area (Å²) < 4.78 is 0. The molecule has 0 spiro atoms. The van der Waals surface area contributed by atoms with Crippen LogP contribution < -0.4 is 5.32 Å². The Morgan fingerprint density at radius 2 is 1.71 bits per heavy atom. The molecule has 21 heavy (non-hydrogen) atoms. The predicted molar refractivity (Wildman–Crippen MR) is 92.5 cm³/mol. The van der Waals surface area contributed by atoms with E-state index in [-0.39, 0.29) is 0 Å². The quantitative estimate of drug-likeness (QED) is 0.759. The molecular weight excluding hydrogens is 301 g/mol. The van der Waals surface area contributed by atoms with E-state index in [1.165, 1.54) is 5.56 Å². The van der Waals surface area contributed by atoms with Gasteiger partial charge in [-0.2, -0.15) is 0 Å². The highest BCUT2D eigenvalue weighted by molar-refractivity contribution is 6.33. The van der Waals surface area contributed by atoms with Crippen LogP contribution >= 0.6 is 23.2 Å². The molecule has 3 heteroatoms. The molecule has 1 nitrogen and oxygen atoms in total. The highest BCUT2D eigenvalue weighted by Gasteiger charge is 2.14. The lowest BCUT2D eigenvalue weighted by Crippen LogP contribution is -2.29. The van der Waals surface area contributed by atoms with Crippen LogP contribution in [-0.2, 0) is 6.42 Å². The Bertz CT molecular complexity index is 567. The average Bonchev–Trinajstić information content (AvgIpc) is 2.47. The monoisotopic (exact) mass is 321 g/mol. The van der Waals surface area contributed by atoms with Gasteiger partial charge in [-0.05, 0) is 35.7 Å². The molecule has 0 aliphatic rings. The van der Waals surface area contributed by atoms with E-state index in [0.717, 1.165) is 28.6 Å². The minimum Gasteiger partial charge on any atom is -0.314 e. The molecule has 0 aromatic heterocycles. The van der Waals surface area contributed by atoms with Crippen molar-refractivity contribution in [1.82, 2.24) is 5.32 Å². The van der Waals surface area contributed by atoms with E-state index < -0.39 is 0 Å². The molecule has 0 heterocycles. The Kier molecular flexibility index (Phi) is 6.10. The first kappa shape index (κ1) is 16.4. The Balaban J connectivity index is 2.21. The zero-order chi connectivity index (χ0) is 15.2. The maximum absolute atomic E-state index is 6.31. The summed E-state index contributed by atoms with van der Waals surface area (Å²) in [6.45, 7) is 5.24. The van der Waals surface area contributed by atoms with Crippen molar-refractivity contribution in [2.75, 3.05) is 6.54 Å². The molecule has 0 fully saturated rings. The number of halogens is 2. The minimum atomic E-state index is 0.379. The van der Waals surface area contributed by atoms with E-state index in [0.29, 0.717) is 12.0 Å². The fraction of sp³-hybridized carbons (Fsp3) is 0.333. The van der Waals surface area contributed by atoms with Crippen molar-refractivity contribution in [1.29, 1.82) is 0 Å². The van der Waals surface area contributed by atoms with Crippen molar-refractivity contribution < 1.29 is 0 Å². The molecule has 0 bridgehead atoms. The summed E-state index contributed by atoms with van der Waals surface area (Å²) in [5, 5.41) is 5.04. The van der Waals surface area contributed by atoms with Crippen molar-refractivity contribution in [2.45, 2.75) is 32.2 Å². The van der Waals surface area contributed by atoms with Gasteiger partial charge in [-0.15, -0.1) is 0 Å². The largest absolute Gasteiger partial charge is 0.314 e. The van der Waals surface area contributed by atoms with Gasteiger partial charge in [0, 0.05) is 28.5 Å². The Hall–Kier alpha value is -1.02. The number of hydrogen-bond donors (Lipinski definition) is 1. The van der Waals surface area contributed by atoms with E-state index >= 15 is 0 Å². The van der Waals surface area contributed by atoms with Crippen molar-refractivity contribution in [3.05, 3.63) is 69.7 Å². The lowest BCUT2D eigenvalue weighted by molar-refractivity contribution is 0.527. The minimum absolute atomic E-state index is 0.379. The molecule has 1 atom stereocenters. The molecule has 0 saturated heterocycles. The molecular formula is C18H21Cl2N. The molecule has 0 aliphatic carbocycles. The standard InChI is InChI=1S/C18H21Cl2N/c1-13(2)21-12-16(14-6-4-3-5-7-14)10-15-11-17(19)8-9-18(15)20/h3-9,11,13,16,21H,10,12H2,1-2H3. The smallest absolute Gasteiger partial charge is 0.0439 e. The van der Waals surface area contributed by atoms with E-state index in [9.17, 15) is 0 Å². The first-order valence-corrected chi connectivity index (χ1v) is 8.04. The second-order valence-electron chi connectivity index (χ2n) is 5.61. The van der Waals surface area contributed by atoms with Crippen LogP contribution in [0.15, 0.2) is 48.5 Å². The van der Waals surface area contributed by atoms with Crippen LogP contribution in [0.4, 0.5) is 0 Å². The van der Waals surface area contributed by atoms with Crippen LogP contribution in [0.2, 0.25) is 10.0 Å². The van der Waals surface area contributed by atoms with Gasteiger partial charge in [-0.1, -0.05) is 67.4 Å². The summed E-state index contributed by atoms with van der Waals surface area (Å²) in [6, 6.07) is 16.7. The third-order valence-electron chi connectivity index (χ3n) is 3.52. The van der Waals surface area contributed by atoms with Gasteiger partial charge in [0.1, 0.15) is 0 Å². The van der Waals surface area contributed by atoms with Crippen LogP contribution in [0.5, 0.6) is 0 Å². The SMILES string of the molecule is CC(C)NCC(Cc1cc(Cl)ccc1Cl)c1ccccc1. The van der Waals surface area contributed by atoms with E-state index in [1.54, 1.807) is 0 Å². The fourth-order valence-corrected chi connectivity index (χ4v) is 2.77. The van der Waals surface area contributed by atoms with Crippen molar-refractivity contribution in [2.24, 2.45) is 0 Å². The zero-order valence-electron chi connectivity index (χ0n) is 12.4. The zero-order valence-corrected chi connectivity index (χ0v) is 14.0. The van der Waals surface area contributed by atoms with E-state index in [4.69, 9.17) is 23.2 Å². The van der Waals surface area contributed by atoms with Gasteiger partial charge in [0.15, 0.2) is 0 Å². The Morgan fingerprint density at radius 3 is 2.38 bits per heavy atom. The number of hydrogen-bond acceptors (Lipinski definition) is 1. The third-order valence-corrected chi connectivity index (χ3v) is 4.12. The van der Waals surface area contributed by atoms with Crippen LogP contribution in [0.1, 0.15) is 30.9 Å².